The van der Waals surface area contributed by atoms with Crippen LogP contribution < -0.4 is 10.6 Å². The van der Waals surface area contributed by atoms with Crippen molar-refractivity contribution in [2.45, 2.75) is 25.7 Å². The van der Waals surface area contributed by atoms with E-state index in [1.165, 1.54) is 11.3 Å². The Morgan fingerprint density at radius 3 is 2.61 bits per heavy atom. The fraction of sp³-hybridized carbons (Fsp3) is 0.538. The van der Waals surface area contributed by atoms with Crippen molar-refractivity contribution in [3.8, 4) is 6.07 Å². The number of nitrogens with zero attached hydrogens (tertiary/aromatic N) is 2. The second-order valence-corrected chi connectivity index (χ2v) is 5.97. The minimum absolute atomic E-state index is 0.138. The molecule has 0 spiro atoms. The highest BCUT2D eigenvalue weighted by Crippen LogP contribution is 2.43. The van der Waals surface area contributed by atoms with E-state index < -0.39 is 0 Å². The van der Waals surface area contributed by atoms with E-state index in [4.69, 9.17) is 5.73 Å². The van der Waals surface area contributed by atoms with Gasteiger partial charge in [0.1, 0.15) is 16.6 Å². The molecule has 2 N–H and O–H groups in total. The van der Waals surface area contributed by atoms with Gasteiger partial charge in [-0.15, -0.1) is 11.3 Å². The Bertz CT molecular complexity index is 533. The quantitative estimate of drug-likeness (QED) is 0.848. The van der Waals surface area contributed by atoms with Crippen LogP contribution >= 0.6 is 11.3 Å². The fourth-order valence-electron chi connectivity index (χ4n) is 2.40. The summed E-state index contributed by atoms with van der Waals surface area (Å²) in [4.78, 5) is 14.9. The van der Waals surface area contributed by atoms with Crippen molar-refractivity contribution in [3.05, 3.63) is 10.4 Å². The summed E-state index contributed by atoms with van der Waals surface area (Å²) in [6.45, 7) is 1.93. The lowest BCUT2D eigenvalue weighted by Gasteiger charge is -2.14. The molecule has 0 radical (unpaired) electrons. The lowest BCUT2D eigenvalue weighted by Crippen LogP contribution is -2.17. The van der Waals surface area contributed by atoms with Crippen LogP contribution in [0.3, 0.4) is 0 Å². The minimum atomic E-state index is 0.138. The summed E-state index contributed by atoms with van der Waals surface area (Å²) >= 11 is 1.41. The molecule has 1 saturated heterocycles. The molecule has 0 amide bonds. The largest absolute Gasteiger partial charge is 0.396 e. The zero-order valence-electron chi connectivity index (χ0n) is 10.1. The van der Waals surface area contributed by atoms with Crippen LogP contribution in [0.4, 0.5) is 10.7 Å². The molecule has 2 aliphatic rings. The van der Waals surface area contributed by atoms with E-state index in [2.05, 4.69) is 11.0 Å². The van der Waals surface area contributed by atoms with E-state index in [-0.39, 0.29) is 11.7 Å². The van der Waals surface area contributed by atoms with Crippen molar-refractivity contribution in [1.29, 1.82) is 5.26 Å². The van der Waals surface area contributed by atoms with E-state index in [0.717, 1.165) is 43.8 Å². The Hall–Kier alpha value is -1.54. The highest BCUT2D eigenvalue weighted by atomic mass is 32.1. The second-order valence-electron chi connectivity index (χ2n) is 4.97. The molecule has 3 rings (SSSR count). The number of hydrogen-bond donors (Lipinski definition) is 1. The van der Waals surface area contributed by atoms with Crippen LogP contribution in [0.25, 0.3) is 0 Å². The third-order valence-electron chi connectivity index (χ3n) is 3.60. The van der Waals surface area contributed by atoms with Gasteiger partial charge in [0.05, 0.1) is 10.6 Å². The minimum Gasteiger partial charge on any atom is -0.396 e. The summed E-state index contributed by atoms with van der Waals surface area (Å²) in [7, 11) is 0. The van der Waals surface area contributed by atoms with Gasteiger partial charge in [0.25, 0.3) is 0 Å². The number of rotatable bonds is 3. The van der Waals surface area contributed by atoms with Crippen molar-refractivity contribution >= 4 is 27.8 Å². The predicted octanol–water partition coefficient (Wildman–Crippen LogP) is 2.39. The van der Waals surface area contributed by atoms with Gasteiger partial charge >= 0.3 is 0 Å². The molecule has 1 aromatic rings. The molecule has 0 aromatic carbocycles. The normalized spacial score (nSPS) is 18.9. The molecular weight excluding hydrogens is 246 g/mol. The maximum atomic E-state index is 12.1. The first-order valence-electron chi connectivity index (χ1n) is 6.34. The molecule has 0 unspecified atom stereocenters. The maximum Gasteiger partial charge on any atom is 0.178 e. The van der Waals surface area contributed by atoms with Gasteiger partial charge in [0, 0.05) is 19.0 Å². The number of nitrogen functional groups attached to an aromatic ring is 1. The van der Waals surface area contributed by atoms with Gasteiger partial charge in [-0.1, -0.05) is 0 Å². The van der Waals surface area contributed by atoms with Crippen LogP contribution in [-0.4, -0.2) is 18.9 Å². The van der Waals surface area contributed by atoms with Crippen LogP contribution in [0.2, 0.25) is 0 Å². The fourth-order valence-corrected chi connectivity index (χ4v) is 3.64. The van der Waals surface area contributed by atoms with Crippen LogP contribution in [-0.2, 0) is 0 Å². The number of nitriles is 1. The zero-order valence-corrected chi connectivity index (χ0v) is 10.9. The average molecular weight is 261 g/mol. The Kier molecular flexibility index (Phi) is 2.75. The van der Waals surface area contributed by atoms with Gasteiger partial charge < -0.3 is 10.6 Å². The molecule has 1 aliphatic carbocycles. The smallest absolute Gasteiger partial charge is 0.178 e. The van der Waals surface area contributed by atoms with Gasteiger partial charge in [-0.2, -0.15) is 5.26 Å². The van der Waals surface area contributed by atoms with E-state index in [1.54, 1.807) is 0 Å². The third-order valence-corrected chi connectivity index (χ3v) is 4.88. The Morgan fingerprint density at radius 2 is 2.06 bits per heavy atom. The molecule has 94 valence electrons. The van der Waals surface area contributed by atoms with E-state index in [0.29, 0.717) is 16.1 Å². The Morgan fingerprint density at radius 1 is 1.39 bits per heavy atom. The van der Waals surface area contributed by atoms with Gasteiger partial charge in [0.15, 0.2) is 5.78 Å². The number of anilines is 2. The van der Waals surface area contributed by atoms with Gasteiger partial charge in [-0.25, -0.2) is 0 Å². The lowest BCUT2D eigenvalue weighted by molar-refractivity contribution is 0.0972. The summed E-state index contributed by atoms with van der Waals surface area (Å²) in [6.07, 6.45) is 4.23. The first-order valence-corrected chi connectivity index (χ1v) is 7.15. The number of nitrogens with two attached hydrogens (primary N) is 1. The summed E-state index contributed by atoms with van der Waals surface area (Å²) in [6, 6.07) is 2.17. The SMILES string of the molecule is N#Cc1c(N2CCCC2)sc(C(=O)C2CC2)c1N. The van der Waals surface area contributed by atoms with Gasteiger partial charge in [0.2, 0.25) is 0 Å². The number of carbonyl (C=O) groups excluding carboxylic acids is 1. The average Bonchev–Trinajstić information content (AvgIpc) is 2.97. The van der Waals surface area contributed by atoms with E-state index in [1.807, 2.05) is 0 Å². The standard InChI is InChI=1S/C13H15N3OS/c14-7-9-10(15)12(11(17)8-3-4-8)18-13(9)16-5-1-2-6-16/h8H,1-6,15H2. The summed E-state index contributed by atoms with van der Waals surface area (Å²) in [5.41, 5.74) is 6.90. The number of hydrogen-bond acceptors (Lipinski definition) is 5. The van der Waals surface area contributed by atoms with Crippen LogP contribution in [0, 0.1) is 17.2 Å². The summed E-state index contributed by atoms with van der Waals surface area (Å²) in [5.74, 6) is 0.295. The van der Waals surface area contributed by atoms with Gasteiger partial charge in [-0.05, 0) is 25.7 Å². The van der Waals surface area contributed by atoms with Crippen molar-refractivity contribution in [1.82, 2.24) is 0 Å². The summed E-state index contributed by atoms with van der Waals surface area (Å²) < 4.78 is 0. The van der Waals surface area contributed by atoms with Crippen molar-refractivity contribution in [3.63, 3.8) is 0 Å². The molecule has 0 atom stereocenters. The topological polar surface area (TPSA) is 70.1 Å². The predicted molar refractivity (Wildman–Crippen MR) is 71.9 cm³/mol. The van der Waals surface area contributed by atoms with E-state index >= 15 is 0 Å². The maximum absolute atomic E-state index is 12.1. The van der Waals surface area contributed by atoms with Crippen LogP contribution in [0.15, 0.2) is 0 Å². The Balaban J connectivity index is 2.00. The number of ketones is 1. The Labute approximate surface area is 110 Å². The molecule has 1 aromatic heterocycles. The number of carbonyl (C=O) groups is 1. The lowest BCUT2D eigenvalue weighted by atomic mass is 10.1. The molecule has 1 aliphatic heterocycles. The molecule has 2 heterocycles. The summed E-state index contributed by atoms with van der Waals surface area (Å²) in [5, 5.41) is 10.1. The van der Waals surface area contributed by atoms with Gasteiger partial charge in [-0.3, -0.25) is 4.79 Å². The highest BCUT2D eigenvalue weighted by molar-refractivity contribution is 7.19. The first-order chi connectivity index (χ1) is 8.72. The molecule has 18 heavy (non-hydrogen) atoms. The highest BCUT2D eigenvalue weighted by Gasteiger charge is 2.35. The molecule has 4 nitrogen and oxygen atoms in total. The molecule has 2 fully saturated rings. The van der Waals surface area contributed by atoms with Crippen molar-refractivity contribution in [2.75, 3.05) is 23.7 Å². The first kappa shape index (κ1) is 11.5. The van der Waals surface area contributed by atoms with E-state index in [9.17, 15) is 10.1 Å². The monoisotopic (exact) mass is 261 g/mol. The van der Waals surface area contributed by atoms with Crippen LogP contribution in [0.5, 0.6) is 0 Å². The number of thiophene rings is 1. The molecule has 5 heteroatoms. The zero-order chi connectivity index (χ0) is 12.7. The second kappa shape index (κ2) is 4.29. The van der Waals surface area contributed by atoms with Crippen molar-refractivity contribution < 1.29 is 4.79 Å². The van der Waals surface area contributed by atoms with Crippen LogP contribution in [0.1, 0.15) is 40.9 Å². The molecule has 1 saturated carbocycles. The number of Topliss-reactive ketones (excluding diaryl/α,β-unsaturated/α-hetero) is 1. The molecule has 0 bridgehead atoms. The molecular formula is C13H15N3OS. The van der Waals surface area contributed by atoms with Crippen molar-refractivity contribution in [2.24, 2.45) is 5.92 Å². The third kappa shape index (κ3) is 1.77.